The molecule has 0 bridgehead atoms. The summed E-state index contributed by atoms with van der Waals surface area (Å²) in [6.45, 7) is 1.63. The van der Waals surface area contributed by atoms with E-state index in [9.17, 15) is 24.8 Å². The zero-order valence-electron chi connectivity index (χ0n) is 17.0. The quantitative estimate of drug-likeness (QED) is 0.211. The Morgan fingerprint density at radius 2 is 1.81 bits per heavy atom. The Balaban J connectivity index is 1.90. The summed E-state index contributed by atoms with van der Waals surface area (Å²) in [6.07, 6.45) is 0. The van der Waals surface area contributed by atoms with Gasteiger partial charge in [-0.3, -0.25) is 24.6 Å². The van der Waals surface area contributed by atoms with Crippen molar-refractivity contribution in [2.24, 2.45) is 0 Å². The number of non-ortho nitro benzene ring substituents is 1. The number of carbonyl (C=O) groups is 2. The molecule has 1 saturated heterocycles. The molecule has 10 nitrogen and oxygen atoms in total. The first-order chi connectivity index (χ1) is 15.3. The molecule has 1 fully saturated rings. The highest BCUT2D eigenvalue weighted by Crippen LogP contribution is 2.42. The molecule has 10 heteroatoms. The molecule has 0 aliphatic carbocycles. The van der Waals surface area contributed by atoms with Crippen LogP contribution in [-0.2, 0) is 9.59 Å². The number of methoxy groups -OCH3 is 1. The lowest BCUT2D eigenvalue weighted by Crippen LogP contribution is -2.29. The van der Waals surface area contributed by atoms with Gasteiger partial charge in [-0.15, -0.1) is 0 Å². The number of aryl methyl sites for hydroxylation is 1. The van der Waals surface area contributed by atoms with E-state index < -0.39 is 28.4 Å². The SMILES string of the molecule is COc1ccc(/C(O)=C2/C(=O)C(=O)N(c3cc(C)on3)C2c2ccc([N+](=O)[O-])cc2)cc1. The Bertz CT molecular complexity index is 1240. The van der Waals surface area contributed by atoms with Crippen LogP contribution in [0.4, 0.5) is 11.5 Å². The third kappa shape index (κ3) is 3.47. The van der Waals surface area contributed by atoms with Gasteiger partial charge >= 0.3 is 5.91 Å². The van der Waals surface area contributed by atoms with Crippen LogP contribution in [0.2, 0.25) is 0 Å². The smallest absolute Gasteiger partial charge is 0.301 e. The monoisotopic (exact) mass is 435 g/mol. The molecule has 1 aliphatic rings. The third-order valence-electron chi connectivity index (χ3n) is 5.09. The first kappa shape index (κ1) is 20.8. The van der Waals surface area contributed by atoms with Gasteiger partial charge in [-0.2, -0.15) is 0 Å². The molecule has 4 rings (SSSR count). The number of ketones is 1. The number of aliphatic hydroxyl groups excluding tert-OH is 1. The molecule has 1 N–H and O–H groups in total. The number of rotatable bonds is 5. The Morgan fingerprint density at radius 3 is 2.34 bits per heavy atom. The Morgan fingerprint density at radius 1 is 1.16 bits per heavy atom. The van der Waals surface area contributed by atoms with E-state index >= 15 is 0 Å². The van der Waals surface area contributed by atoms with Gasteiger partial charge in [0.1, 0.15) is 17.3 Å². The van der Waals surface area contributed by atoms with Crippen molar-refractivity contribution in [3.8, 4) is 5.75 Å². The van der Waals surface area contributed by atoms with E-state index in [-0.39, 0.29) is 17.1 Å². The molecular weight excluding hydrogens is 418 g/mol. The molecule has 0 radical (unpaired) electrons. The topological polar surface area (TPSA) is 136 Å². The number of aromatic nitrogens is 1. The summed E-state index contributed by atoms with van der Waals surface area (Å²) in [5.74, 6) is -1.16. The first-order valence-corrected chi connectivity index (χ1v) is 9.45. The van der Waals surface area contributed by atoms with Crippen molar-refractivity contribution < 1.29 is 28.9 Å². The van der Waals surface area contributed by atoms with Gasteiger partial charge in [-0.1, -0.05) is 5.16 Å². The number of aliphatic hydroxyl groups is 1. The van der Waals surface area contributed by atoms with Crippen LogP contribution >= 0.6 is 0 Å². The number of nitro benzene ring substituents is 1. The molecule has 2 aromatic carbocycles. The molecular formula is C22H17N3O7. The predicted octanol–water partition coefficient (Wildman–Crippen LogP) is 3.53. The molecule has 162 valence electrons. The van der Waals surface area contributed by atoms with Crippen molar-refractivity contribution in [2.45, 2.75) is 13.0 Å². The van der Waals surface area contributed by atoms with E-state index in [1.165, 1.54) is 37.4 Å². The number of nitro groups is 1. The maximum absolute atomic E-state index is 13.0. The van der Waals surface area contributed by atoms with Gasteiger partial charge < -0.3 is 14.4 Å². The maximum Gasteiger partial charge on any atom is 0.301 e. The Kier molecular flexibility index (Phi) is 5.19. The molecule has 0 saturated carbocycles. The number of hydrogen-bond acceptors (Lipinski definition) is 8. The molecule has 32 heavy (non-hydrogen) atoms. The van der Waals surface area contributed by atoms with Gasteiger partial charge in [0.2, 0.25) is 0 Å². The van der Waals surface area contributed by atoms with Crippen LogP contribution in [0.3, 0.4) is 0 Å². The fraction of sp³-hybridized carbons (Fsp3) is 0.136. The van der Waals surface area contributed by atoms with Crippen LogP contribution in [0.25, 0.3) is 5.76 Å². The number of ether oxygens (including phenoxy) is 1. The van der Waals surface area contributed by atoms with Crippen LogP contribution in [0.15, 0.2) is 64.7 Å². The predicted molar refractivity (Wildman–Crippen MR) is 112 cm³/mol. The van der Waals surface area contributed by atoms with Crippen molar-refractivity contribution in [1.82, 2.24) is 5.16 Å². The van der Waals surface area contributed by atoms with Crippen LogP contribution in [-0.4, -0.2) is 34.0 Å². The summed E-state index contributed by atoms with van der Waals surface area (Å²) in [5.41, 5.74) is 0.352. The second-order valence-corrected chi connectivity index (χ2v) is 7.04. The molecule has 1 aromatic heterocycles. The second-order valence-electron chi connectivity index (χ2n) is 7.04. The van der Waals surface area contributed by atoms with Gasteiger partial charge in [0, 0.05) is 23.8 Å². The number of amides is 1. The number of hydrogen-bond donors (Lipinski definition) is 1. The van der Waals surface area contributed by atoms with Gasteiger partial charge in [0.25, 0.3) is 11.5 Å². The number of nitrogens with zero attached hydrogens (tertiary/aromatic N) is 3. The minimum Gasteiger partial charge on any atom is -0.507 e. The number of Topliss-reactive ketones (excluding diaryl/α,β-unsaturated/α-hetero) is 1. The van der Waals surface area contributed by atoms with Crippen molar-refractivity contribution in [1.29, 1.82) is 0 Å². The van der Waals surface area contributed by atoms with Crippen LogP contribution in [0.1, 0.15) is 22.9 Å². The molecule has 0 spiro atoms. The van der Waals surface area contributed by atoms with Crippen molar-refractivity contribution in [2.75, 3.05) is 12.0 Å². The van der Waals surface area contributed by atoms with Crippen LogP contribution in [0, 0.1) is 17.0 Å². The summed E-state index contributed by atoms with van der Waals surface area (Å²) in [5, 5.41) is 25.9. The second kappa shape index (κ2) is 7.99. The number of anilines is 1. The average Bonchev–Trinajstić information content (AvgIpc) is 3.34. The fourth-order valence-corrected chi connectivity index (χ4v) is 3.53. The number of benzene rings is 2. The minimum absolute atomic E-state index is 0.0849. The minimum atomic E-state index is -1.07. The summed E-state index contributed by atoms with van der Waals surface area (Å²) in [6, 6.07) is 12.1. The fourth-order valence-electron chi connectivity index (χ4n) is 3.53. The van der Waals surface area contributed by atoms with E-state index in [0.29, 0.717) is 22.6 Å². The number of carbonyl (C=O) groups excluding carboxylic acids is 2. The molecule has 1 unspecified atom stereocenters. The molecule has 1 atom stereocenters. The molecule has 2 heterocycles. The highest BCUT2D eigenvalue weighted by molar-refractivity contribution is 6.51. The largest absolute Gasteiger partial charge is 0.507 e. The third-order valence-corrected chi connectivity index (χ3v) is 5.09. The highest BCUT2D eigenvalue weighted by Gasteiger charge is 2.48. The summed E-state index contributed by atoms with van der Waals surface area (Å²) >= 11 is 0. The lowest BCUT2D eigenvalue weighted by molar-refractivity contribution is -0.384. The van der Waals surface area contributed by atoms with Gasteiger partial charge in [0.05, 0.1) is 23.6 Å². The van der Waals surface area contributed by atoms with E-state index in [2.05, 4.69) is 5.16 Å². The van der Waals surface area contributed by atoms with Gasteiger partial charge in [-0.25, -0.2) is 0 Å². The van der Waals surface area contributed by atoms with E-state index in [0.717, 1.165) is 4.90 Å². The molecule has 1 aliphatic heterocycles. The Hall–Kier alpha value is -4.47. The summed E-state index contributed by atoms with van der Waals surface area (Å²) in [7, 11) is 1.49. The Labute approximate surface area is 181 Å². The molecule has 1 amide bonds. The zero-order chi connectivity index (χ0) is 23.0. The van der Waals surface area contributed by atoms with Crippen LogP contribution in [0.5, 0.6) is 5.75 Å². The van der Waals surface area contributed by atoms with Gasteiger partial charge in [0.15, 0.2) is 5.82 Å². The zero-order valence-corrected chi connectivity index (χ0v) is 17.0. The average molecular weight is 435 g/mol. The van der Waals surface area contributed by atoms with Crippen LogP contribution < -0.4 is 9.64 Å². The normalized spacial score (nSPS) is 17.6. The first-order valence-electron chi connectivity index (χ1n) is 9.45. The van der Waals surface area contributed by atoms with E-state index in [1.54, 1.807) is 31.2 Å². The van der Waals surface area contributed by atoms with E-state index in [1.807, 2.05) is 0 Å². The van der Waals surface area contributed by atoms with Crippen molar-refractivity contribution >= 4 is 29.0 Å². The van der Waals surface area contributed by atoms with Gasteiger partial charge in [-0.05, 0) is 48.9 Å². The van der Waals surface area contributed by atoms with E-state index in [4.69, 9.17) is 9.26 Å². The maximum atomic E-state index is 13.0. The summed E-state index contributed by atoms with van der Waals surface area (Å²) < 4.78 is 10.2. The summed E-state index contributed by atoms with van der Waals surface area (Å²) in [4.78, 5) is 37.5. The lowest BCUT2D eigenvalue weighted by atomic mass is 9.95. The standard InChI is InChI=1S/C22H17N3O7/c1-12-11-17(23-32-12)24-19(13-3-7-15(8-4-13)25(29)30)18(21(27)22(24)28)20(26)14-5-9-16(31-2)10-6-14/h3-11,19,26H,1-2H3/b20-18-. The van der Waals surface area contributed by atoms with Crippen molar-refractivity contribution in [3.05, 3.63) is 87.2 Å². The lowest BCUT2D eigenvalue weighted by Gasteiger charge is -2.22. The highest BCUT2D eigenvalue weighted by atomic mass is 16.6. The molecule has 3 aromatic rings. The van der Waals surface area contributed by atoms with Crippen molar-refractivity contribution in [3.63, 3.8) is 0 Å².